The zero-order valence-corrected chi connectivity index (χ0v) is 8.50. The van der Waals surface area contributed by atoms with Gasteiger partial charge in [-0.05, 0) is 6.07 Å². The summed E-state index contributed by atoms with van der Waals surface area (Å²) in [6.45, 7) is 4.01. The van der Waals surface area contributed by atoms with E-state index in [9.17, 15) is 4.79 Å². The van der Waals surface area contributed by atoms with Crippen LogP contribution in [-0.2, 0) is 0 Å². The number of hydrogen-bond acceptors (Lipinski definition) is 2. The lowest BCUT2D eigenvalue weighted by Gasteiger charge is -2.10. The Morgan fingerprint density at radius 1 is 1.46 bits per heavy atom. The van der Waals surface area contributed by atoms with Crippen molar-refractivity contribution in [2.75, 3.05) is 14.1 Å². The summed E-state index contributed by atoms with van der Waals surface area (Å²) in [5, 5.41) is 0. The molecule has 0 atom stereocenters. The molecule has 1 rings (SSSR count). The molecule has 72 valence electrons. The highest BCUT2D eigenvalue weighted by Crippen LogP contribution is 2.21. The maximum absolute atomic E-state index is 11.6. The Bertz CT molecular complexity index is 300. The number of carbonyl (C=O) groups excluding carboxylic acids is 1. The molecule has 1 amide bonds. The molecule has 1 aromatic heterocycles. The van der Waals surface area contributed by atoms with Crippen LogP contribution in [0.3, 0.4) is 0 Å². The van der Waals surface area contributed by atoms with Gasteiger partial charge in [0.2, 0.25) is 0 Å². The van der Waals surface area contributed by atoms with Crippen LogP contribution in [0.5, 0.6) is 0 Å². The van der Waals surface area contributed by atoms with Crippen molar-refractivity contribution in [1.29, 1.82) is 0 Å². The largest absolute Gasteiger partial charge is 0.468 e. The summed E-state index contributed by atoms with van der Waals surface area (Å²) < 4.78 is 5.25. The summed E-state index contributed by atoms with van der Waals surface area (Å²) in [5.74, 6) is 1.00. The standard InChI is InChI=1S/C10H15NO2/c1-7(2)9-8(5-6-13-9)10(12)11(3)4/h5-7H,1-4H3. The SMILES string of the molecule is CC(C)c1occc1C(=O)N(C)C. The van der Waals surface area contributed by atoms with Crippen LogP contribution < -0.4 is 0 Å². The predicted octanol–water partition coefficient (Wildman–Crippen LogP) is 2.10. The second kappa shape index (κ2) is 3.64. The molecule has 0 radical (unpaired) electrons. The third kappa shape index (κ3) is 1.91. The zero-order valence-electron chi connectivity index (χ0n) is 8.50. The summed E-state index contributed by atoms with van der Waals surface area (Å²) in [4.78, 5) is 13.1. The van der Waals surface area contributed by atoms with Crippen molar-refractivity contribution < 1.29 is 9.21 Å². The van der Waals surface area contributed by atoms with Gasteiger partial charge in [0, 0.05) is 20.0 Å². The van der Waals surface area contributed by atoms with E-state index in [2.05, 4.69) is 0 Å². The fourth-order valence-electron chi connectivity index (χ4n) is 1.19. The second-order valence-corrected chi connectivity index (χ2v) is 3.55. The van der Waals surface area contributed by atoms with Crippen molar-refractivity contribution in [3.05, 3.63) is 23.7 Å². The van der Waals surface area contributed by atoms with Crippen LogP contribution in [0.2, 0.25) is 0 Å². The molecule has 0 fully saturated rings. The summed E-state index contributed by atoms with van der Waals surface area (Å²) in [5.41, 5.74) is 0.667. The van der Waals surface area contributed by atoms with Crippen LogP contribution in [0.15, 0.2) is 16.7 Å². The first-order chi connectivity index (χ1) is 6.04. The summed E-state index contributed by atoms with van der Waals surface area (Å²) in [6.07, 6.45) is 1.56. The molecule has 3 nitrogen and oxygen atoms in total. The van der Waals surface area contributed by atoms with Gasteiger partial charge in [0.15, 0.2) is 0 Å². The minimum Gasteiger partial charge on any atom is -0.468 e. The van der Waals surface area contributed by atoms with E-state index in [-0.39, 0.29) is 11.8 Å². The van der Waals surface area contributed by atoms with Gasteiger partial charge in [-0.3, -0.25) is 4.79 Å². The number of rotatable bonds is 2. The Hall–Kier alpha value is -1.25. The van der Waals surface area contributed by atoms with E-state index in [1.807, 2.05) is 13.8 Å². The smallest absolute Gasteiger partial charge is 0.256 e. The first kappa shape index (κ1) is 9.84. The van der Waals surface area contributed by atoms with E-state index in [1.54, 1.807) is 31.3 Å². The minimum absolute atomic E-state index is 0.00236. The van der Waals surface area contributed by atoms with Crippen molar-refractivity contribution in [2.45, 2.75) is 19.8 Å². The number of amides is 1. The molecule has 0 unspecified atom stereocenters. The third-order valence-corrected chi connectivity index (χ3v) is 1.86. The van der Waals surface area contributed by atoms with Crippen LogP contribution in [-0.4, -0.2) is 24.9 Å². The van der Waals surface area contributed by atoms with Gasteiger partial charge in [-0.25, -0.2) is 0 Å². The lowest BCUT2D eigenvalue weighted by Crippen LogP contribution is -2.22. The van der Waals surface area contributed by atoms with E-state index in [0.717, 1.165) is 5.76 Å². The van der Waals surface area contributed by atoms with Crippen molar-refractivity contribution in [1.82, 2.24) is 4.90 Å². The molecule has 1 heterocycles. The van der Waals surface area contributed by atoms with E-state index < -0.39 is 0 Å². The molecule has 1 aromatic rings. The second-order valence-electron chi connectivity index (χ2n) is 3.55. The van der Waals surface area contributed by atoms with Crippen LogP contribution in [0.25, 0.3) is 0 Å². The maximum atomic E-state index is 11.6. The van der Waals surface area contributed by atoms with Crippen LogP contribution in [0.4, 0.5) is 0 Å². The fraction of sp³-hybridized carbons (Fsp3) is 0.500. The van der Waals surface area contributed by atoms with Gasteiger partial charge in [0.1, 0.15) is 5.76 Å². The van der Waals surface area contributed by atoms with Gasteiger partial charge < -0.3 is 9.32 Å². The van der Waals surface area contributed by atoms with Crippen LogP contribution in [0.1, 0.15) is 35.9 Å². The molecule has 0 saturated heterocycles. The molecule has 0 bridgehead atoms. The molecule has 0 N–H and O–H groups in total. The van der Waals surface area contributed by atoms with Crippen molar-refractivity contribution >= 4 is 5.91 Å². The molecule has 3 heteroatoms. The maximum Gasteiger partial charge on any atom is 0.256 e. The summed E-state index contributed by atoms with van der Waals surface area (Å²) >= 11 is 0. The minimum atomic E-state index is -0.00236. The average Bonchev–Trinajstić information content (AvgIpc) is 2.50. The first-order valence-corrected chi connectivity index (χ1v) is 4.33. The Morgan fingerprint density at radius 3 is 2.54 bits per heavy atom. The van der Waals surface area contributed by atoms with E-state index in [1.165, 1.54) is 0 Å². The molecule has 0 aliphatic rings. The molecule has 0 saturated carbocycles. The Kier molecular flexibility index (Phi) is 2.76. The summed E-state index contributed by atoms with van der Waals surface area (Å²) in [6, 6.07) is 1.72. The Labute approximate surface area is 78.3 Å². The molecule has 0 aliphatic carbocycles. The number of carbonyl (C=O) groups is 1. The van der Waals surface area contributed by atoms with Gasteiger partial charge in [0.05, 0.1) is 11.8 Å². The van der Waals surface area contributed by atoms with Crippen LogP contribution in [0, 0.1) is 0 Å². The summed E-state index contributed by atoms with van der Waals surface area (Å²) in [7, 11) is 3.47. The van der Waals surface area contributed by atoms with Gasteiger partial charge >= 0.3 is 0 Å². The van der Waals surface area contributed by atoms with E-state index in [0.29, 0.717) is 5.56 Å². The monoisotopic (exact) mass is 181 g/mol. The average molecular weight is 181 g/mol. The molecule has 0 spiro atoms. The molecule has 0 aromatic carbocycles. The molecule has 0 aliphatic heterocycles. The highest BCUT2D eigenvalue weighted by Gasteiger charge is 2.17. The van der Waals surface area contributed by atoms with Crippen molar-refractivity contribution in [3.8, 4) is 0 Å². The highest BCUT2D eigenvalue weighted by molar-refractivity contribution is 5.94. The number of hydrogen-bond donors (Lipinski definition) is 0. The first-order valence-electron chi connectivity index (χ1n) is 4.33. The molecule has 13 heavy (non-hydrogen) atoms. The zero-order chi connectivity index (χ0) is 10.0. The van der Waals surface area contributed by atoms with Gasteiger partial charge in [-0.15, -0.1) is 0 Å². The highest BCUT2D eigenvalue weighted by atomic mass is 16.3. The molecular weight excluding hydrogens is 166 g/mol. The van der Waals surface area contributed by atoms with Crippen molar-refractivity contribution in [3.63, 3.8) is 0 Å². The fourth-order valence-corrected chi connectivity index (χ4v) is 1.19. The Morgan fingerprint density at radius 2 is 2.08 bits per heavy atom. The lowest BCUT2D eigenvalue weighted by molar-refractivity contribution is 0.0825. The number of nitrogens with zero attached hydrogens (tertiary/aromatic N) is 1. The van der Waals surface area contributed by atoms with E-state index >= 15 is 0 Å². The van der Waals surface area contributed by atoms with Gasteiger partial charge in [-0.1, -0.05) is 13.8 Å². The van der Waals surface area contributed by atoms with Crippen LogP contribution >= 0.6 is 0 Å². The lowest BCUT2D eigenvalue weighted by atomic mass is 10.1. The topological polar surface area (TPSA) is 33.5 Å². The third-order valence-electron chi connectivity index (χ3n) is 1.86. The quantitative estimate of drug-likeness (QED) is 0.700. The normalized spacial score (nSPS) is 10.5. The number of furan rings is 1. The van der Waals surface area contributed by atoms with Gasteiger partial charge in [0.25, 0.3) is 5.91 Å². The predicted molar refractivity (Wildman–Crippen MR) is 50.8 cm³/mol. The van der Waals surface area contributed by atoms with Crippen molar-refractivity contribution in [2.24, 2.45) is 0 Å². The molecular formula is C10H15NO2. The Balaban J connectivity index is 3.01. The van der Waals surface area contributed by atoms with E-state index in [4.69, 9.17) is 4.42 Å². The van der Waals surface area contributed by atoms with Gasteiger partial charge in [-0.2, -0.15) is 0 Å².